The summed E-state index contributed by atoms with van der Waals surface area (Å²) < 4.78 is 0. The maximum absolute atomic E-state index is 11.9. The fraction of sp³-hybridized carbons (Fsp3) is 0.762. The molecule has 0 amide bonds. The zero-order valence-electron chi connectivity index (χ0n) is 14.5. The zero-order valence-corrected chi connectivity index (χ0v) is 14.5. The Bertz CT molecular complexity index is 619. The van der Waals surface area contributed by atoms with E-state index in [2.05, 4.69) is 31.3 Å². The molecule has 1 spiro atoms. The van der Waals surface area contributed by atoms with Crippen LogP contribution in [0.15, 0.2) is 23.8 Å². The molecule has 0 aromatic heterocycles. The second-order valence-electron chi connectivity index (χ2n) is 9.26. The summed E-state index contributed by atoms with van der Waals surface area (Å²) in [6.45, 7) is 6.10. The lowest BCUT2D eigenvalue weighted by Gasteiger charge is -2.55. The van der Waals surface area contributed by atoms with Crippen molar-refractivity contribution in [3.8, 4) is 0 Å². The molecule has 2 heteroatoms. The Morgan fingerprint density at radius 3 is 2.83 bits per heavy atom. The Kier molecular flexibility index (Phi) is 2.89. The van der Waals surface area contributed by atoms with E-state index in [1.54, 1.807) is 0 Å². The van der Waals surface area contributed by atoms with Gasteiger partial charge in [0, 0.05) is 19.0 Å². The van der Waals surface area contributed by atoms with Gasteiger partial charge in [-0.25, -0.2) is 0 Å². The Balaban J connectivity index is 1.55. The average Bonchev–Trinajstić information content (AvgIpc) is 3.06. The molecule has 7 atom stereocenters. The highest BCUT2D eigenvalue weighted by Crippen LogP contribution is 2.66. The number of rotatable bonds is 0. The third-order valence-electron chi connectivity index (χ3n) is 8.66. The van der Waals surface area contributed by atoms with Gasteiger partial charge in [-0.2, -0.15) is 0 Å². The Labute approximate surface area is 139 Å². The highest BCUT2D eigenvalue weighted by Gasteiger charge is 2.62. The molecule has 1 heterocycles. The van der Waals surface area contributed by atoms with E-state index in [1.165, 1.54) is 37.8 Å². The minimum absolute atomic E-state index is 0.255. The number of hydrogen-bond acceptors (Lipinski definition) is 2. The molecule has 5 aliphatic rings. The fourth-order valence-electron chi connectivity index (χ4n) is 7.45. The van der Waals surface area contributed by atoms with Crippen molar-refractivity contribution < 1.29 is 4.79 Å². The number of carbonyl (C=O) groups is 1. The third kappa shape index (κ3) is 1.71. The lowest BCUT2D eigenvalue weighted by molar-refractivity contribution is -0.116. The molecule has 4 aliphatic carbocycles. The van der Waals surface area contributed by atoms with Gasteiger partial charge in [-0.1, -0.05) is 19.1 Å². The van der Waals surface area contributed by atoms with Gasteiger partial charge >= 0.3 is 0 Å². The lowest BCUT2D eigenvalue weighted by atomic mass is 9.48. The third-order valence-corrected chi connectivity index (χ3v) is 8.66. The molecule has 1 N–H and O–H groups in total. The van der Waals surface area contributed by atoms with Crippen molar-refractivity contribution in [3.05, 3.63) is 23.8 Å². The topological polar surface area (TPSA) is 29.1 Å². The SMILES string of the molecule is CC1NCC23CCC4C(C=CC5=CC(=O)CCC54C)C2CCC13. The van der Waals surface area contributed by atoms with E-state index in [0.717, 1.165) is 36.5 Å². The van der Waals surface area contributed by atoms with Crippen LogP contribution in [0.25, 0.3) is 0 Å². The van der Waals surface area contributed by atoms with Crippen molar-refractivity contribution in [3.63, 3.8) is 0 Å². The maximum atomic E-state index is 11.9. The van der Waals surface area contributed by atoms with E-state index in [4.69, 9.17) is 0 Å². The summed E-state index contributed by atoms with van der Waals surface area (Å²) in [6, 6.07) is 0.711. The zero-order chi connectivity index (χ0) is 15.8. The van der Waals surface area contributed by atoms with E-state index in [0.29, 0.717) is 17.2 Å². The molecule has 0 aromatic rings. The van der Waals surface area contributed by atoms with Crippen molar-refractivity contribution in [2.75, 3.05) is 6.54 Å². The number of nitrogens with one attached hydrogen (secondary N) is 1. The molecular weight excluding hydrogens is 282 g/mol. The molecule has 1 saturated heterocycles. The average molecular weight is 311 g/mol. The molecule has 7 unspecified atom stereocenters. The van der Waals surface area contributed by atoms with Crippen molar-refractivity contribution in [2.24, 2.45) is 34.5 Å². The van der Waals surface area contributed by atoms with Crippen LogP contribution in [0.2, 0.25) is 0 Å². The maximum Gasteiger partial charge on any atom is 0.156 e. The van der Waals surface area contributed by atoms with Gasteiger partial charge in [0.1, 0.15) is 0 Å². The normalized spacial score (nSPS) is 54.1. The van der Waals surface area contributed by atoms with E-state index in [-0.39, 0.29) is 5.41 Å². The van der Waals surface area contributed by atoms with Gasteiger partial charge in [-0.05, 0) is 85.2 Å². The smallest absolute Gasteiger partial charge is 0.156 e. The van der Waals surface area contributed by atoms with Crippen molar-refractivity contribution in [1.82, 2.24) is 5.32 Å². The predicted molar refractivity (Wildman–Crippen MR) is 91.9 cm³/mol. The van der Waals surface area contributed by atoms with Crippen LogP contribution in [0.1, 0.15) is 52.4 Å². The minimum atomic E-state index is 0.255. The second-order valence-corrected chi connectivity index (χ2v) is 9.26. The van der Waals surface area contributed by atoms with Crippen LogP contribution in [0.4, 0.5) is 0 Å². The Hall–Kier alpha value is -0.890. The van der Waals surface area contributed by atoms with Crippen LogP contribution < -0.4 is 5.32 Å². The van der Waals surface area contributed by atoms with Gasteiger partial charge in [0.05, 0.1) is 0 Å². The quantitative estimate of drug-likeness (QED) is 0.735. The van der Waals surface area contributed by atoms with E-state index in [1.807, 2.05) is 6.08 Å². The van der Waals surface area contributed by atoms with Gasteiger partial charge in [0.25, 0.3) is 0 Å². The highest BCUT2D eigenvalue weighted by molar-refractivity contribution is 5.92. The van der Waals surface area contributed by atoms with E-state index >= 15 is 0 Å². The number of hydrogen-bond donors (Lipinski definition) is 1. The number of ketones is 1. The number of fused-ring (bicyclic) bond motifs is 4. The molecule has 2 saturated carbocycles. The molecule has 3 fully saturated rings. The summed E-state index contributed by atoms with van der Waals surface area (Å²) in [5.74, 6) is 3.62. The van der Waals surface area contributed by atoms with Crippen LogP contribution in [-0.2, 0) is 4.79 Å². The van der Waals surface area contributed by atoms with Crippen LogP contribution >= 0.6 is 0 Å². The van der Waals surface area contributed by atoms with Crippen molar-refractivity contribution in [1.29, 1.82) is 0 Å². The van der Waals surface area contributed by atoms with Crippen molar-refractivity contribution in [2.45, 2.75) is 58.4 Å². The first kappa shape index (κ1) is 14.5. The summed E-state index contributed by atoms with van der Waals surface area (Å²) >= 11 is 0. The molecule has 2 nitrogen and oxygen atoms in total. The number of carbonyl (C=O) groups excluding carboxylic acids is 1. The van der Waals surface area contributed by atoms with Crippen LogP contribution in [-0.4, -0.2) is 18.4 Å². The van der Waals surface area contributed by atoms with Crippen LogP contribution in [0.5, 0.6) is 0 Å². The first-order valence-corrected chi connectivity index (χ1v) is 9.71. The van der Waals surface area contributed by atoms with Gasteiger partial charge in [0.2, 0.25) is 0 Å². The van der Waals surface area contributed by atoms with Gasteiger partial charge in [0.15, 0.2) is 5.78 Å². The first-order valence-electron chi connectivity index (χ1n) is 9.71. The van der Waals surface area contributed by atoms with Gasteiger partial charge in [-0.3, -0.25) is 4.79 Å². The summed E-state index contributed by atoms with van der Waals surface area (Å²) in [4.78, 5) is 11.9. The van der Waals surface area contributed by atoms with Gasteiger partial charge in [-0.15, -0.1) is 0 Å². The van der Waals surface area contributed by atoms with Gasteiger partial charge < -0.3 is 5.32 Å². The van der Waals surface area contributed by atoms with Crippen LogP contribution in [0.3, 0.4) is 0 Å². The molecule has 0 radical (unpaired) electrons. The van der Waals surface area contributed by atoms with E-state index in [9.17, 15) is 4.79 Å². The largest absolute Gasteiger partial charge is 0.313 e. The Morgan fingerprint density at radius 2 is 1.96 bits per heavy atom. The standard InChI is InChI=1S/C21H29NO/c1-13-17-5-6-19-16-4-3-14-11-15(23)7-9-20(14,2)18(16)8-10-21(17,19)12-22-13/h3-4,11,13,16-19,22H,5-10,12H2,1-2H3. The summed E-state index contributed by atoms with van der Waals surface area (Å²) in [6.07, 6.45) is 14.2. The molecule has 1 aliphatic heterocycles. The van der Waals surface area contributed by atoms with E-state index < -0.39 is 0 Å². The minimum Gasteiger partial charge on any atom is -0.313 e. The number of allylic oxidation sites excluding steroid dienone is 4. The lowest BCUT2D eigenvalue weighted by Crippen LogP contribution is -2.50. The molecular formula is C21H29NO. The fourth-order valence-corrected chi connectivity index (χ4v) is 7.45. The first-order chi connectivity index (χ1) is 11.0. The summed E-state index contributed by atoms with van der Waals surface area (Å²) in [5, 5.41) is 3.80. The van der Waals surface area contributed by atoms with Crippen molar-refractivity contribution >= 4 is 5.78 Å². The molecule has 124 valence electrons. The predicted octanol–water partition coefficient (Wildman–Crippen LogP) is 3.88. The summed E-state index contributed by atoms with van der Waals surface area (Å²) in [7, 11) is 0. The van der Waals surface area contributed by atoms with Crippen LogP contribution in [0, 0.1) is 34.5 Å². The molecule has 0 aromatic carbocycles. The molecule has 23 heavy (non-hydrogen) atoms. The Morgan fingerprint density at radius 1 is 1.13 bits per heavy atom. The highest BCUT2D eigenvalue weighted by atomic mass is 16.1. The molecule has 0 bridgehead atoms. The second kappa shape index (κ2) is 4.59. The monoisotopic (exact) mass is 311 g/mol. The molecule has 5 rings (SSSR count). The summed E-state index contributed by atoms with van der Waals surface area (Å²) in [5.41, 5.74) is 2.16.